The van der Waals surface area contributed by atoms with E-state index in [1.54, 1.807) is 10.9 Å². The van der Waals surface area contributed by atoms with Crippen molar-refractivity contribution in [3.8, 4) is 5.69 Å². The summed E-state index contributed by atoms with van der Waals surface area (Å²) in [5.41, 5.74) is 2.00. The maximum atomic E-state index is 11.8. The maximum absolute atomic E-state index is 11.8. The second-order valence-electron chi connectivity index (χ2n) is 5.88. The predicted molar refractivity (Wildman–Crippen MR) is 90.9 cm³/mol. The molecule has 1 aromatic carbocycles. The van der Waals surface area contributed by atoms with Crippen molar-refractivity contribution in [2.75, 3.05) is 18.1 Å². The lowest BCUT2D eigenvalue weighted by atomic mass is 10.2. The number of amides is 2. The largest absolute Gasteiger partial charge is 0.338 e. The lowest BCUT2D eigenvalue weighted by molar-refractivity contribution is 0.238. The number of urea groups is 1. The highest BCUT2D eigenvalue weighted by molar-refractivity contribution is 7.91. The summed E-state index contributed by atoms with van der Waals surface area (Å²) in [7, 11) is -2.98. The van der Waals surface area contributed by atoms with E-state index in [-0.39, 0.29) is 23.6 Å². The van der Waals surface area contributed by atoms with Crippen LogP contribution in [-0.4, -0.2) is 48.3 Å². The lowest BCUT2D eigenvalue weighted by Gasteiger charge is -2.11. The van der Waals surface area contributed by atoms with E-state index in [4.69, 9.17) is 0 Å². The van der Waals surface area contributed by atoms with Gasteiger partial charge in [0.1, 0.15) is 0 Å². The molecule has 1 unspecified atom stereocenters. The van der Waals surface area contributed by atoms with E-state index in [1.165, 1.54) is 0 Å². The molecule has 7 nitrogen and oxygen atoms in total. The predicted octanol–water partition coefficient (Wildman–Crippen LogP) is 0.901. The smallest absolute Gasteiger partial charge is 0.315 e. The van der Waals surface area contributed by atoms with Gasteiger partial charge in [0.2, 0.25) is 0 Å². The van der Waals surface area contributed by atoms with Gasteiger partial charge in [-0.3, -0.25) is 0 Å². The molecule has 1 atom stereocenters. The van der Waals surface area contributed by atoms with Gasteiger partial charge in [0.05, 0.1) is 23.4 Å². The molecule has 1 aromatic heterocycles. The van der Waals surface area contributed by atoms with Crippen molar-refractivity contribution in [2.45, 2.75) is 18.9 Å². The van der Waals surface area contributed by atoms with Crippen molar-refractivity contribution in [1.82, 2.24) is 20.4 Å². The first-order valence-electron chi connectivity index (χ1n) is 7.86. The highest BCUT2D eigenvalue weighted by Gasteiger charge is 2.28. The van der Waals surface area contributed by atoms with Crippen LogP contribution >= 0.6 is 0 Å². The molecule has 0 radical (unpaired) electrons. The standard InChI is InChI=1S/C16H20N4O3S/c21-16(19-14-7-9-24(22,23)12-14)17-8-6-13-10-18-20(11-13)15-4-2-1-3-5-15/h1-5,10-11,14H,6-9,12H2,(H2,17,19,21). The van der Waals surface area contributed by atoms with E-state index in [1.807, 2.05) is 36.5 Å². The summed E-state index contributed by atoms with van der Waals surface area (Å²) >= 11 is 0. The third kappa shape index (κ3) is 4.35. The van der Waals surface area contributed by atoms with E-state index in [0.29, 0.717) is 19.4 Å². The van der Waals surface area contributed by atoms with Crippen molar-refractivity contribution in [2.24, 2.45) is 0 Å². The van der Waals surface area contributed by atoms with Crippen LogP contribution in [0.4, 0.5) is 4.79 Å². The van der Waals surface area contributed by atoms with Crippen LogP contribution in [0.1, 0.15) is 12.0 Å². The average Bonchev–Trinajstić information content (AvgIpc) is 3.15. The van der Waals surface area contributed by atoms with E-state index < -0.39 is 9.84 Å². The topological polar surface area (TPSA) is 93.1 Å². The van der Waals surface area contributed by atoms with Crippen LogP contribution in [0.2, 0.25) is 0 Å². The van der Waals surface area contributed by atoms with Gasteiger partial charge < -0.3 is 10.6 Å². The lowest BCUT2D eigenvalue weighted by Crippen LogP contribution is -2.43. The molecule has 128 valence electrons. The van der Waals surface area contributed by atoms with E-state index in [0.717, 1.165) is 11.3 Å². The Morgan fingerprint density at radius 3 is 2.79 bits per heavy atom. The Morgan fingerprint density at radius 1 is 1.29 bits per heavy atom. The monoisotopic (exact) mass is 348 g/mol. The van der Waals surface area contributed by atoms with Crippen LogP contribution < -0.4 is 10.6 Å². The Bertz CT molecular complexity index is 802. The quantitative estimate of drug-likeness (QED) is 0.840. The minimum absolute atomic E-state index is 0.0320. The Morgan fingerprint density at radius 2 is 2.08 bits per heavy atom. The summed E-state index contributed by atoms with van der Waals surface area (Å²) in [6.45, 7) is 0.464. The van der Waals surface area contributed by atoms with Gasteiger partial charge in [-0.2, -0.15) is 5.10 Å². The van der Waals surface area contributed by atoms with Gasteiger partial charge in [-0.1, -0.05) is 18.2 Å². The van der Waals surface area contributed by atoms with Crippen molar-refractivity contribution >= 4 is 15.9 Å². The third-order valence-corrected chi connectivity index (χ3v) is 5.69. The maximum Gasteiger partial charge on any atom is 0.315 e. The first-order valence-corrected chi connectivity index (χ1v) is 9.68. The van der Waals surface area contributed by atoms with Crippen molar-refractivity contribution in [3.63, 3.8) is 0 Å². The minimum Gasteiger partial charge on any atom is -0.338 e. The van der Waals surface area contributed by atoms with Gasteiger partial charge in [0, 0.05) is 18.8 Å². The zero-order valence-electron chi connectivity index (χ0n) is 13.2. The molecule has 1 aliphatic heterocycles. The normalized spacial score (nSPS) is 19.1. The van der Waals surface area contributed by atoms with Gasteiger partial charge in [0.15, 0.2) is 9.84 Å². The van der Waals surface area contributed by atoms with Gasteiger partial charge >= 0.3 is 6.03 Å². The molecule has 0 bridgehead atoms. The van der Waals surface area contributed by atoms with Crippen molar-refractivity contribution in [3.05, 3.63) is 48.3 Å². The molecule has 0 spiro atoms. The summed E-state index contributed by atoms with van der Waals surface area (Å²) in [5.74, 6) is 0.181. The molecular formula is C16H20N4O3S. The van der Waals surface area contributed by atoms with Crippen LogP contribution in [-0.2, 0) is 16.3 Å². The molecule has 2 N–H and O–H groups in total. The number of nitrogens with one attached hydrogen (secondary N) is 2. The number of para-hydroxylation sites is 1. The number of sulfone groups is 1. The van der Waals surface area contributed by atoms with Crippen molar-refractivity contribution < 1.29 is 13.2 Å². The van der Waals surface area contributed by atoms with Gasteiger partial charge in [-0.25, -0.2) is 17.9 Å². The fraction of sp³-hybridized carbons (Fsp3) is 0.375. The molecule has 0 aliphatic carbocycles. The number of aromatic nitrogens is 2. The Kier molecular flexibility index (Phi) is 4.84. The van der Waals surface area contributed by atoms with Crippen LogP contribution in [0.5, 0.6) is 0 Å². The van der Waals surface area contributed by atoms with E-state index >= 15 is 0 Å². The summed E-state index contributed by atoms with van der Waals surface area (Å²) in [6, 6.07) is 9.18. The fourth-order valence-electron chi connectivity index (χ4n) is 2.68. The summed E-state index contributed by atoms with van der Waals surface area (Å²) in [6.07, 6.45) is 4.84. The third-order valence-electron chi connectivity index (χ3n) is 3.92. The number of nitrogens with zero attached hydrogens (tertiary/aromatic N) is 2. The van der Waals surface area contributed by atoms with E-state index in [9.17, 15) is 13.2 Å². The summed E-state index contributed by atoms with van der Waals surface area (Å²) in [4.78, 5) is 11.8. The van der Waals surface area contributed by atoms with Crippen molar-refractivity contribution in [1.29, 1.82) is 0 Å². The molecule has 1 fully saturated rings. The Balaban J connectivity index is 1.44. The van der Waals surface area contributed by atoms with Gasteiger partial charge in [0.25, 0.3) is 0 Å². The zero-order chi connectivity index (χ0) is 17.0. The Hall–Kier alpha value is -2.35. The molecule has 0 saturated carbocycles. The van der Waals surface area contributed by atoms with Crippen LogP contribution in [0, 0.1) is 0 Å². The van der Waals surface area contributed by atoms with Crippen LogP contribution in [0.15, 0.2) is 42.7 Å². The summed E-state index contributed by atoms with van der Waals surface area (Å²) < 4.78 is 24.5. The minimum atomic E-state index is -2.98. The molecule has 24 heavy (non-hydrogen) atoms. The highest BCUT2D eigenvalue weighted by atomic mass is 32.2. The van der Waals surface area contributed by atoms with E-state index in [2.05, 4.69) is 15.7 Å². The Labute approximate surface area is 141 Å². The molecule has 2 heterocycles. The number of benzene rings is 1. The number of rotatable bonds is 5. The first-order chi connectivity index (χ1) is 11.5. The van der Waals surface area contributed by atoms with Gasteiger partial charge in [-0.05, 0) is 30.5 Å². The molecule has 8 heteroatoms. The number of carbonyl (C=O) groups excluding carboxylic acids is 1. The number of hydrogen-bond donors (Lipinski definition) is 2. The SMILES string of the molecule is O=C(NCCc1cnn(-c2ccccc2)c1)NC1CCS(=O)(=O)C1. The molecular weight excluding hydrogens is 328 g/mol. The molecule has 3 rings (SSSR count). The molecule has 2 amide bonds. The van der Waals surface area contributed by atoms with Gasteiger partial charge in [-0.15, -0.1) is 0 Å². The molecule has 1 aliphatic rings. The van der Waals surface area contributed by atoms with Crippen LogP contribution in [0.3, 0.4) is 0 Å². The second kappa shape index (κ2) is 7.04. The second-order valence-corrected chi connectivity index (χ2v) is 8.11. The first kappa shape index (κ1) is 16.5. The van der Waals surface area contributed by atoms with Crippen LogP contribution in [0.25, 0.3) is 5.69 Å². The number of hydrogen-bond acceptors (Lipinski definition) is 4. The zero-order valence-corrected chi connectivity index (χ0v) is 14.0. The summed E-state index contributed by atoms with van der Waals surface area (Å²) in [5, 5.41) is 9.76. The number of carbonyl (C=O) groups is 1. The fourth-order valence-corrected chi connectivity index (χ4v) is 4.35. The average molecular weight is 348 g/mol. The molecule has 1 saturated heterocycles. The highest BCUT2D eigenvalue weighted by Crippen LogP contribution is 2.11. The molecule has 2 aromatic rings.